The van der Waals surface area contributed by atoms with Gasteiger partial charge in [0.2, 0.25) is 18.2 Å². The van der Waals surface area contributed by atoms with E-state index in [0.29, 0.717) is 0 Å². The van der Waals surface area contributed by atoms with Gasteiger partial charge in [-0.1, -0.05) is 0 Å². The molecule has 0 amide bonds. The van der Waals surface area contributed by atoms with Crippen molar-refractivity contribution in [2.45, 2.75) is 0 Å². The molecule has 0 rings (SSSR count). The van der Waals surface area contributed by atoms with Crippen LogP contribution in [0.1, 0.15) is 0 Å². The van der Waals surface area contributed by atoms with Gasteiger partial charge in [-0.3, -0.25) is 29.9 Å². The molecule has 0 aliphatic carbocycles. The third-order valence-corrected chi connectivity index (χ3v) is 0. The van der Waals surface area contributed by atoms with Crippen LogP contribution >= 0.6 is 0 Å². The minimum Gasteiger partial charge on any atom is -0.274 e. The lowest BCUT2D eigenvalue weighted by Crippen LogP contribution is -2.02. The quantitative estimate of drug-likeness (QED) is 0.0696. The van der Waals surface area contributed by atoms with Gasteiger partial charge in [-0.15, -0.1) is 0 Å². The van der Waals surface area contributed by atoms with Gasteiger partial charge in [-0.25, -0.2) is 30.6 Å². The number of hydrogen-bond donors (Lipinski definition) is 9. The highest BCUT2D eigenvalue weighted by Gasteiger charge is 1.85. The molecule has 21 heavy (non-hydrogen) atoms. The maximum absolute atomic E-state index is 8.74. The Bertz CT molecular complexity index is 415. The van der Waals surface area contributed by atoms with E-state index in [1.54, 1.807) is 0 Å². The Morgan fingerprint density at radius 2 is 0.619 bits per heavy atom. The minimum absolute atomic E-state index is 0.750. The van der Waals surface area contributed by atoms with Crippen LogP contribution in [0.2, 0.25) is 0 Å². The zero-order valence-corrected chi connectivity index (χ0v) is 11.3. The van der Waals surface area contributed by atoms with Gasteiger partial charge >= 0.3 is 20.8 Å². The first-order valence-corrected chi connectivity index (χ1v) is 5.89. The molecule has 126 valence electrons. The van der Waals surface area contributed by atoms with Crippen LogP contribution in [0.5, 0.6) is 0 Å². The van der Waals surface area contributed by atoms with Crippen LogP contribution in [0.15, 0.2) is 0 Å². The van der Waals surface area contributed by atoms with Crippen LogP contribution in [0.25, 0.3) is 0 Å². The van der Waals surface area contributed by atoms with E-state index in [-0.39, 0.29) is 0 Å². The van der Waals surface area contributed by atoms with Crippen molar-refractivity contribution >= 4 is 39.0 Å². The first kappa shape index (κ1) is 36.4. The molecule has 0 fully saturated rings. The molecule has 0 bridgehead atoms. The van der Waals surface area contributed by atoms with Gasteiger partial charge < -0.3 is 0 Å². The average Bonchev–Trinajstić information content (AvgIpc) is 2.18. The number of hydrogen-bond acceptors (Lipinski definition) is 12. The predicted octanol–water partition coefficient (Wildman–Crippen LogP) is -2.78. The zero-order chi connectivity index (χ0) is 19.1. The fourth-order valence-electron chi connectivity index (χ4n) is 0. The maximum Gasteiger partial charge on any atom is 0.394 e. The molecular weight excluding hydrogens is 346 g/mol. The van der Waals surface area contributed by atoms with Crippen molar-refractivity contribution in [3.05, 3.63) is 0 Å². The monoisotopic (exact) mass is 357 g/mol. The van der Waals surface area contributed by atoms with E-state index in [4.69, 9.17) is 65.7 Å². The lowest BCUT2D eigenvalue weighted by atomic mass is 11.7. The molecule has 0 saturated carbocycles. The fraction of sp³-hybridized carbons (Fsp3) is 0. The highest BCUT2D eigenvalue weighted by molar-refractivity contribution is 7.80. The van der Waals surface area contributed by atoms with Crippen molar-refractivity contribution in [1.29, 1.82) is 16.2 Å². The molecule has 0 spiro atoms. The molecule has 0 aliphatic heterocycles. The Hall–Kier alpha value is -2.20. The summed E-state index contributed by atoms with van der Waals surface area (Å²) in [4.78, 5) is 25.0. The Labute approximate surface area is 117 Å². The summed E-state index contributed by atoms with van der Waals surface area (Å²) in [5, 5.41) is 16.2. The second kappa shape index (κ2) is 30.7. The van der Waals surface area contributed by atoms with Crippen molar-refractivity contribution in [2.24, 2.45) is 11.7 Å². The van der Waals surface area contributed by atoms with E-state index in [9.17, 15) is 0 Å². The third-order valence-electron chi connectivity index (χ3n) is 0. The number of carbonyl (C=O) groups excluding carboxylic acids is 3. The molecule has 18 heteroatoms. The molecular formula is C3H11N5O11S2. The normalized spacial score (nSPS) is 6.95. The van der Waals surface area contributed by atoms with Crippen LogP contribution in [0.4, 0.5) is 0 Å². The average molecular weight is 357 g/mol. The number of hydrazine groups is 1. The minimum atomic E-state index is -4.67. The van der Waals surface area contributed by atoms with Crippen LogP contribution in [0, 0.1) is 16.2 Å². The van der Waals surface area contributed by atoms with Gasteiger partial charge in [-0.05, 0) is 0 Å². The molecule has 0 radical (unpaired) electrons. The Morgan fingerprint density at radius 1 is 0.619 bits per heavy atom. The Kier molecular flexibility index (Phi) is 53.1. The first-order valence-electron chi connectivity index (χ1n) is 3.09. The molecule has 0 aromatic rings. The number of isocyanates is 3. The Morgan fingerprint density at radius 3 is 0.619 bits per heavy atom. The largest absolute Gasteiger partial charge is 0.394 e. The summed E-state index contributed by atoms with van der Waals surface area (Å²) >= 11 is 0. The number of rotatable bonds is 0. The van der Waals surface area contributed by atoms with Crippen LogP contribution in [-0.4, -0.2) is 53.3 Å². The molecule has 0 atom stereocenters. The molecule has 0 aromatic heterocycles. The summed E-state index contributed by atoms with van der Waals surface area (Å²) in [6.07, 6.45) is 2.25. The standard InChI is InChI=1S/3CHNO.H4N2.2H2O4S/c3*2-1-3;1-2;2*1-5(2,3)4/h3*2H;1-2H2;2*(H2,1,2,3,4). The molecule has 0 aromatic carbocycles. The van der Waals surface area contributed by atoms with E-state index in [1.807, 2.05) is 0 Å². The van der Waals surface area contributed by atoms with Crippen LogP contribution in [0.3, 0.4) is 0 Å². The SMILES string of the molecule is N=C=O.N=C=O.N=C=O.NN.O=S(=O)(O)O.O=S(=O)(O)O. The number of nitrogens with two attached hydrogens (primary N) is 2. The van der Waals surface area contributed by atoms with E-state index < -0.39 is 20.8 Å². The summed E-state index contributed by atoms with van der Waals surface area (Å²) < 4.78 is 63.2. The van der Waals surface area contributed by atoms with Crippen molar-refractivity contribution < 1.29 is 49.4 Å². The van der Waals surface area contributed by atoms with Gasteiger partial charge in [-0.2, -0.15) is 16.8 Å². The summed E-state index contributed by atoms with van der Waals surface area (Å²) in [6.45, 7) is 0. The van der Waals surface area contributed by atoms with Gasteiger partial charge in [0.05, 0.1) is 0 Å². The van der Waals surface area contributed by atoms with Crippen molar-refractivity contribution in [1.82, 2.24) is 0 Å². The third kappa shape index (κ3) is 918. The van der Waals surface area contributed by atoms with E-state index >= 15 is 0 Å². The van der Waals surface area contributed by atoms with Gasteiger partial charge in [0.25, 0.3) is 0 Å². The van der Waals surface area contributed by atoms with E-state index in [1.165, 1.54) is 0 Å². The van der Waals surface area contributed by atoms with Crippen LogP contribution < -0.4 is 11.7 Å². The lowest BCUT2D eigenvalue weighted by molar-refractivity contribution is 0.378. The van der Waals surface area contributed by atoms with Crippen LogP contribution in [-0.2, 0) is 35.2 Å². The summed E-state index contributed by atoms with van der Waals surface area (Å²) in [6, 6.07) is 0. The van der Waals surface area contributed by atoms with Gasteiger partial charge in [0.1, 0.15) is 0 Å². The second-order valence-electron chi connectivity index (χ2n) is 1.20. The summed E-state index contributed by atoms with van der Waals surface area (Å²) in [7, 11) is -9.33. The molecule has 0 heterocycles. The molecule has 11 N–H and O–H groups in total. The summed E-state index contributed by atoms with van der Waals surface area (Å²) in [5.74, 6) is 8.00. The molecule has 0 saturated heterocycles. The fourth-order valence-corrected chi connectivity index (χ4v) is 0. The second-order valence-corrected chi connectivity index (χ2v) is 2.99. The smallest absolute Gasteiger partial charge is 0.274 e. The maximum atomic E-state index is 8.74. The van der Waals surface area contributed by atoms with Gasteiger partial charge in [0, 0.05) is 0 Å². The first-order chi connectivity index (χ1) is 9.24. The van der Waals surface area contributed by atoms with Crippen molar-refractivity contribution in [3.63, 3.8) is 0 Å². The molecule has 0 aliphatic rings. The predicted molar refractivity (Wildman–Crippen MR) is 62.0 cm³/mol. The van der Waals surface area contributed by atoms with Crippen molar-refractivity contribution in [3.8, 4) is 0 Å². The molecule has 0 unspecified atom stereocenters. The van der Waals surface area contributed by atoms with Crippen molar-refractivity contribution in [2.75, 3.05) is 0 Å². The highest BCUT2D eigenvalue weighted by Crippen LogP contribution is 1.59. The zero-order valence-electron chi connectivity index (χ0n) is 9.62. The van der Waals surface area contributed by atoms with E-state index in [2.05, 4.69) is 11.7 Å². The lowest BCUT2D eigenvalue weighted by Gasteiger charge is -1.68. The topological polar surface area (TPSA) is 324 Å². The summed E-state index contributed by atoms with van der Waals surface area (Å²) in [5.41, 5.74) is 0. The Balaban J connectivity index is -0.0000000332. The molecule has 16 nitrogen and oxygen atoms in total. The number of nitrogens with one attached hydrogen (secondary N) is 3. The highest BCUT2D eigenvalue weighted by atomic mass is 32.3. The van der Waals surface area contributed by atoms with Gasteiger partial charge in [0.15, 0.2) is 0 Å². The van der Waals surface area contributed by atoms with E-state index in [0.717, 1.165) is 18.2 Å².